The summed E-state index contributed by atoms with van der Waals surface area (Å²) in [6.45, 7) is 4.96. The van der Waals surface area contributed by atoms with Gasteiger partial charge in [0.15, 0.2) is 0 Å². The molecule has 0 aliphatic heterocycles. The highest BCUT2D eigenvalue weighted by Gasteiger charge is 2.19. The smallest absolute Gasteiger partial charge is 0.307 e. The van der Waals surface area contributed by atoms with Gasteiger partial charge in [-0.15, -0.1) is 0 Å². The van der Waals surface area contributed by atoms with Crippen LogP contribution in [0.1, 0.15) is 30.6 Å². The molecule has 0 heterocycles. The van der Waals surface area contributed by atoms with Gasteiger partial charge >= 0.3 is 5.97 Å². The highest BCUT2D eigenvalue weighted by molar-refractivity contribution is 9.10. The van der Waals surface area contributed by atoms with Crippen molar-refractivity contribution in [1.29, 1.82) is 0 Å². The van der Waals surface area contributed by atoms with Crippen molar-refractivity contribution >= 4 is 39.4 Å². The summed E-state index contributed by atoms with van der Waals surface area (Å²) in [5.41, 5.74) is 0.539. The molecule has 1 aromatic rings. The molecule has 21 heavy (non-hydrogen) atoms. The maximum Gasteiger partial charge on any atom is 0.307 e. The van der Waals surface area contributed by atoms with E-state index in [0.717, 1.165) is 0 Å². The lowest BCUT2D eigenvalue weighted by Gasteiger charge is -2.24. The van der Waals surface area contributed by atoms with Gasteiger partial charge in [-0.1, -0.05) is 25.4 Å². The van der Waals surface area contributed by atoms with Crippen molar-refractivity contribution in [2.45, 2.75) is 20.3 Å². The molecule has 0 aliphatic rings. The van der Waals surface area contributed by atoms with Crippen LogP contribution in [0.3, 0.4) is 0 Å². The number of rotatable bonds is 6. The topological polar surface area (TPSA) is 46.6 Å². The summed E-state index contributed by atoms with van der Waals surface area (Å²) >= 11 is 9.25. The second-order valence-electron chi connectivity index (χ2n) is 5.10. The lowest BCUT2D eigenvalue weighted by Crippen LogP contribution is -2.36. The van der Waals surface area contributed by atoms with Crippen molar-refractivity contribution in [3.05, 3.63) is 33.3 Å². The number of amides is 1. The minimum atomic E-state index is -0.325. The fourth-order valence-corrected chi connectivity index (χ4v) is 2.35. The van der Waals surface area contributed by atoms with Gasteiger partial charge in [-0.2, -0.15) is 0 Å². The van der Waals surface area contributed by atoms with Gasteiger partial charge in [0.2, 0.25) is 0 Å². The molecular formula is C15H19BrClNO3. The third-order valence-corrected chi connectivity index (χ3v) is 4.07. The molecule has 1 rings (SSSR count). The summed E-state index contributed by atoms with van der Waals surface area (Å²) in [6, 6.07) is 5.05. The Bertz CT molecular complexity index is 520. The van der Waals surface area contributed by atoms with Crippen LogP contribution in [0, 0.1) is 5.92 Å². The average Bonchev–Trinajstić information content (AvgIpc) is 2.44. The summed E-state index contributed by atoms with van der Waals surface area (Å²) in [7, 11) is 1.34. The fraction of sp³-hybridized carbons (Fsp3) is 0.467. The average molecular weight is 377 g/mol. The van der Waals surface area contributed by atoms with Crippen molar-refractivity contribution in [2.24, 2.45) is 5.92 Å². The number of nitrogens with zero attached hydrogens (tertiary/aromatic N) is 1. The predicted octanol–water partition coefficient (Wildman–Crippen LogP) is 3.76. The normalized spacial score (nSPS) is 10.6. The Kier molecular flexibility index (Phi) is 7.18. The lowest BCUT2D eigenvalue weighted by molar-refractivity contribution is -0.140. The van der Waals surface area contributed by atoms with E-state index in [0.29, 0.717) is 34.1 Å². The molecule has 0 atom stereocenters. The molecule has 0 saturated carbocycles. The Morgan fingerprint density at radius 2 is 2.05 bits per heavy atom. The first kappa shape index (κ1) is 18.0. The Morgan fingerprint density at radius 1 is 1.38 bits per heavy atom. The van der Waals surface area contributed by atoms with E-state index in [1.807, 2.05) is 13.8 Å². The minimum Gasteiger partial charge on any atom is -0.469 e. The number of hydrogen-bond donors (Lipinski definition) is 0. The van der Waals surface area contributed by atoms with Crippen molar-refractivity contribution in [1.82, 2.24) is 4.90 Å². The third-order valence-electron chi connectivity index (χ3n) is 2.85. The molecule has 0 aliphatic carbocycles. The molecule has 0 bridgehead atoms. The van der Waals surface area contributed by atoms with Crippen molar-refractivity contribution < 1.29 is 14.3 Å². The molecule has 0 radical (unpaired) electrons. The number of carbonyl (C=O) groups is 2. The zero-order valence-corrected chi connectivity index (χ0v) is 14.7. The summed E-state index contributed by atoms with van der Waals surface area (Å²) < 4.78 is 5.30. The number of carbonyl (C=O) groups excluding carboxylic acids is 2. The molecule has 1 aromatic carbocycles. The van der Waals surface area contributed by atoms with E-state index in [4.69, 9.17) is 11.6 Å². The van der Waals surface area contributed by atoms with Crippen LogP contribution < -0.4 is 0 Å². The predicted molar refractivity (Wildman–Crippen MR) is 86.5 cm³/mol. The van der Waals surface area contributed by atoms with Crippen LogP contribution in [-0.4, -0.2) is 37.0 Å². The van der Waals surface area contributed by atoms with E-state index in [1.54, 1.807) is 23.1 Å². The van der Waals surface area contributed by atoms with Crippen LogP contribution in [0.15, 0.2) is 22.7 Å². The van der Waals surface area contributed by atoms with Gasteiger partial charge in [0.1, 0.15) is 0 Å². The van der Waals surface area contributed by atoms with Crippen molar-refractivity contribution in [3.8, 4) is 0 Å². The van der Waals surface area contributed by atoms with E-state index in [1.165, 1.54) is 7.11 Å². The molecule has 4 nitrogen and oxygen atoms in total. The Labute approximate surface area is 138 Å². The van der Waals surface area contributed by atoms with Crippen molar-refractivity contribution in [2.75, 3.05) is 20.2 Å². The van der Waals surface area contributed by atoms with E-state index in [2.05, 4.69) is 20.7 Å². The maximum absolute atomic E-state index is 12.6. The second kappa shape index (κ2) is 8.39. The van der Waals surface area contributed by atoms with Crippen LogP contribution in [0.5, 0.6) is 0 Å². The largest absolute Gasteiger partial charge is 0.469 e. The third kappa shape index (κ3) is 5.67. The molecule has 0 fully saturated rings. The number of ether oxygens (including phenoxy) is 1. The number of halogens is 2. The summed E-state index contributed by atoms with van der Waals surface area (Å²) in [5.74, 6) is -0.138. The van der Waals surface area contributed by atoms with Crippen LogP contribution in [-0.2, 0) is 9.53 Å². The maximum atomic E-state index is 12.6. The van der Waals surface area contributed by atoms with E-state index < -0.39 is 0 Å². The highest BCUT2D eigenvalue weighted by Crippen LogP contribution is 2.24. The minimum absolute atomic E-state index is 0.120. The van der Waals surface area contributed by atoms with Gasteiger partial charge in [0.25, 0.3) is 5.91 Å². The van der Waals surface area contributed by atoms with E-state index in [-0.39, 0.29) is 18.3 Å². The zero-order chi connectivity index (χ0) is 16.0. The van der Waals surface area contributed by atoms with Crippen LogP contribution in [0.2, 0.25) is 5.02 Å². The molecule has 6 heteroatoms. The first-order chi connectivity index (χ1) is 9.85. The summed E-state index contributed by atoms with van der Waals surface area (Å²) in [4.78, 5) is 25.5. The number of hydrogen-bond acceptors (Lipinski definition) is 3. The molecule has 0 aromatic heterocycles. The molecule has 116 valence electrons. The lowest BCUT2D eigenvalue weighted by atomic mass is 10.1. The zero-order valence-electron chi connectivity index (χ0n) is 12.4. The second-order valence-corrected chi connectivity index (χ2v) is 6.36. The van der Waals surface area contributed by atoms with Gasteiger partial charge in [-0.3, -0.25) is 9.59 Å². The quantitative estimate of drug-likeness (QED) is 0.710. The number of methoxy groups -OCH3 is 1. The van der Waals surface area contributed by atoms with Crippen molar-refractivity contribution in [3.63, 3.8) is 0 Å². The Morgan fingerprint density at radius 3 is 2.57 bits per heavy atom. The molecule has 0 unspecified atom stereocenters. The molecule has 1 amide bonds. The first-order valence-electron chi connectivity index (χ1n) is 6.66. The molecular weight excluding hydrogens is 358 g/mol. The van der Waals surface area contributed by atoms with Gasteiger partial charge in [-0.05, 0) is 40.0 Å². The SMILES string of the molecule is COC(=O)CCN(CC(C)C)C(=O)c1ccc(Cl)c(Br)c1. The van der Waals surface area contributed by atoms with Crippen LogP contribution in [0.4, 0.5) is 0 Å². The molecule has 0 N–H and O–H groups in total. The van der Waals surface area contributed by atoms with E-state index >= 15 is 0 Å². The first-order valence-corrected chi connectivity index (χ1v) is 7.83. The Balaban J connectivity index is 2.87. The molecule has 0 saturated heterocycles. The molecule has 0 spiro atoms. The fourth-order valence-electron chi connectivity index (χ4n) is 1.86. The van der Waals surface area contributed by atoms with Crippen LogP contribution >= 0.6 is 27.5 Å². The summed E-state index contributed by atoms with van der Waals surface area (Å²) in [6.07, 6.45) is 0.184. The van der Waals surface area contributed by atoms with Gasteiger partial charge in [-0.25, -0.2) is 0 Å². The van der Waals surface area contributed by atoms with Gasteiger partial charge in [0, 0.05) is 23.1 Å². The van der Waals surface area contributed by atoms with E-state index in [9.17, 15) is 9.59 Å². The number of benzene rings is 1. The van der Waals surface area contributed by atoms with Crippen LogP contribution in [0.25, 0.3) is 0 Å². The van der Waals surface area contributed by atoms with Gasteiger partial charge in [0.05, 0.1) is 18.6 Å². The summed E-state index contributed by atoms with van der Waals surface area (Å²) in [5, 5.41) is 0.552. The standard InChI is InChI=1S/C15H19BrClNO3/c1-10(2)9-18(7-6-14(19)21-3)15(20)11-4-5-13(17)12(16)8-11/h4-5,8,10H,6-7,9H2,1-3H3. The monoisotopic (exact) mass is 375 g/mol. The number of esters is 1. The highest BCUT2D eigenvalue weighted by atomic mass is 79.9. The van der Waals surface area contributed by atoms with Gasteiger partial charge < -0.3 is 9.64 Å². The Hall–Kier alpha value is -1.07.